The van der Waals surface area contributed by atoms with Gasteiger partial charge in [-0.15, -0.1) is 0 Å². The van der Waals surface area contributed by atoms with E-state index in [0.29, 0.717) is 16.5 Å². The van der Waals surface area contributed by atoms with E-state index < -0.39 is 11.8 Å². The Morgan fingerprint density at radius 2 is 1.48 bits per heavy atom. The molecule has 0 radical (unpaired) electrons. The van der Waals surface area contributed by atoms with Crippen molar-refractivity contribution in [1.29, 1.82) is 0 Å². The molecule has 2 rings (SSSR count). The maximum absolute atomic E-state index is 11.9. The summed E-state index contributed by atoms with van der Waals surface area (Å²) >= 11 is 12.7. The zero-order chi connectivity index (χ0) is 21.6. The molecule has 0 saturated heterocycles. The Bertz CT molecular complexity index is 901. The molecule has 29 heavy (non-hydrogen) atoms. The van der Waals surface area contributed by atoms with Crippen LogP contribution in [0.1, 0.15) is 26.3 Å². The monoisotopic (exact) mass is 546 g/mol. The van der Waals surface area contributed by atoms with Crippen molar-refractivity contribution in [2.45, 2.75) is 26.2 Å². The lowest BCUT2D eigenvalue weighted by molar-refractivity contribution is -0.131. The van der Waals surface area contributed by atoms with Crippen LogP contribution in [0.25, 0.3) is 0 Å². The van der Waals surface area contributed by atoms with Gasteiger partial charge in [-0.3, -0.25) is 20.4 Å². The topological polar surface area (TPSA) is 76.7 Å². The van der Waals surface area contributed by atoms with E-state index in [2.05, 4.69) is 63.5 Å². The third-order valence-corrected chi connectivity index (χ3v) is 5.16. The Morgan fingerprint density at radius 1 is 0.931 bits per heavy atom. The fourth-order valence-electron chi connectivity index (χ4n) is 2.17. The van der Waals surface area contributed by atoms with E-state index in [1.54, 1.807) is 24.3 Å². The summed E-state index contributed by atoms with van der Waals surface area (Å²) in [6, 6.07) is 10.7. The van der Waals surface area contributed by atoms with Gasteiger partial charge in [0.25, 0.3) is 11.8 Å². The van der Waals surface area contributed by atoms with Crippen LogP contribution in [0.15, 0.2) is 45.3 Å². The van der Waals surface area contributed by atoms with Crippen molar-refractivity contribution in [1.82, 2.24) is 10.9 Å². The molecule has 0 aliphatic carbocycles. The summed E-state index contributed by atoms with van der Waals surface area (Å²) in [5.74, 6) is -0.143. The molecule has 2 N–H and O–H groups in total. The van der Waals surface area contributed by atoms with Crippen molar-refractivity contribution in [3.05, 3.63) is 55.9 Å². The fourth-order valence-corrected chi connectivity index (χ4v) is 3.40. The summed E-state index contributed by atoms with van der Waals surface area (Å²) in [5, 5.41) is 0.368. The van der Waals surface area contributed by atoms with Crippen LogP contribution in [0.5, 0.6) is 11.5 Å². The minimum absolute atomic E-state index is 0.00521. The highest BCUT2D eigenvalue weighted by atomic mass is 79.9. The molecule has 0 aromatic heterocycles. The molecule has 0 fully saturated rings. The van der Waals surface area contributed by atoms with Gasteiger partial charge in [-0.25, -0.2) is 0 Å². The second kappa shape index (κ2) is 10.3. The van der Waals surface area contributed by atoms with E-state index in [1.165, 1.54) is 0 Å². The number of nitrogens with one attached hydrogen (secondary N) is 2. The summed E-state index contributed by atoms with van der Waals surface area (Å²) in [6.07, 6.45) is 0. The van der Waals surface area contributed by atoms with Crippen molar-refractivity contribution in [2.24, 2.45) is 0 Å². The Hall–Kier alpha value is -1.77. The number of benzene rings is 2. The van der Waals surface area contributed by atoms with Crippen molar-refractivity contribution in [3.63, 3.8) is 0 Å². The number of halogens is 3. The molecule has 0 atom stereocenters. The predicted molar refractivity (Wildman–Crippen MR) is 119 cm³/mol. The van der Waals surface area contributed by atoms with Gasteiger partial charge in [0, 0.05) is 4.47 Å². The fraction of sp³-hybridized carbons (Fsp3) is 0.300. The van der Waals surface area contributed by atoms with Gasteiger partial charge in [0.05, 0.1) is 9.50 Å². The van der Waals surface area contributed by atoms with Crippen LogP contribution in [0.2, 0.25) is 5.02 Å². The van der Waals surface area contributed by atoms with Crippen LogP contribution in [-0.4, -0.2) is 25.0 Å². The van der Waals surface area contributed by atoms with Gasteiger partial charge in [0.1, 0.15) is 11.5 Å². The molecule has 2 amide bonds. The quantitative estimate of drug-likeness (QED) is 0.510. The number of amides is 2. The molecule has 0 spiro atoms. The lowest BCUT2D eigenvalue weighted by Gasteiger charge is -2.20. The maximum Gasteiger partial charge on any atom is 0.276 e. The van der Waals surface area contributed by atoms with Crippen molar-refractivity contribution >= 4 is 55.3 Å². The average Bonchev–Trinajstić information content (AvgIpc) is 2.63. The third-order valence-electron chi connectivity index (χ3n) is 3.75. The van der Waals surface area contributed by atoms with Crippen LogP contribution in [0, 0.1) is 0 Å². The van der Waals surface area contributed by atoms with Gasteiger partial charge >= 0.3 is 0 Å². The lowest BCUT2D eigenvalue weighted by Crippen LogP contribution is -2.45. The molecule has 9 heteroatoms. The molecule has 0 unspecified atom stereocenters. The SMILES string of the molecule is CC(C)(C)c1ccc(OCC(=O)NNC(=O)COc2ccc(Br)cc2Cl)c(Br)c1. The number of hydrazine groups is 1. The smallest absolute Gasteiger partial charge is 0.276 e. The first-order valence-electron chi connectivity index (χ1n) is 8.64. The Kier molecular flexibility index (Phi) is 8.36. The van der Waals surface area contributed by atoms with Gasteiger partial charge in [-0.1, -0.05) is 54.4 Å². The van der Waals surface area contributed by atoms with Crippen LogP contribution in [0.4, 0.5) is 0 Å². The summed E-state index contributed by atoms with van der Waals surface area (Å²) in [7, 11) is 0. The molecule has 0 bridgehead atoms. The van der Waals surface area contributed by atoms with Gasteiger partial charge in [-0.05, 0) is 57.2 Å². The summed E-state index contributed by atoms with van der Waals surface area (Å²) in [4.78, 5) is 23.7. The zero-order valence-electron chi connectivity index (χ0n) is 16.1. The van der Waals surface area contributed by atoms with Crippen LogP contribution in [0.3, 0.4) is 0 Å². The molecular weight excluding hydrogens is 527 g/mol. The first-order valence-corrected chi connectivity index (χ1v) is 10.6. The minimum Gasteiger partial charge on any atom is -0.483 e. The summed E-state index contributed by atoms with van der Waals surface area (Å²) < 4.78 is 12.4. The minimum atomic E-state index is -0.534. The standard InChI is InChI=1S/C20H21Br2ClN2O4/c1-20(2,3)12-4-6-16(14(22)8-12)28-10-18(26)24-25-19(27)11-29-17-7-5-13(21)9-15(17)23/h4-9H,10-11H2,1-3H3,(H,24,26)(H,25,27). The van der Waals surface area contributed by atoms with Gasteiger partial charge in [0.15, 0.2) is 13.2 Å². The molecule has 156 valence electrons. The second-order valence-electron chi connectivity index (χ2n) is 7.14. The van der Waals surface area contributed by atoms with Crippen molar-refractivity contribution in [3.8, 4) is 11.5 Å². The first-order chi connectivity index (χ1) is 13.6. The molecule has 2 aromatic carbocycles. The number of carbonyl (C=O) groups is 2. The third kappa shape index (κ3) is 7.53. The molecule has 0 aliphatic rings. The second-order valence-corrected chi connectivity index (χ2v) is 9.32. The van der Waals surface area contributed by atoms with E-state index in [9.17, 15) is 9.59 Å². The first kappa shape index (κ1) is 23.5. The largest absolute Gasteiger partial charge is 0.483 e. The average molecular weight is 549 g/mol. The van der Waals surface area contributed by atoms with Gasteiger partial charge in [0.2, 0.25) is 0 Å². The van der Waals surface area contributed by atoms with E-state index >= 15 is 0 Å². The Balaban J connectivity index is 1.76. The Morgan fingerprint density at radius 3 is 2.00 bits per heavy atom. The summed E-state index contributed by atoms with van der Waals surface area (Å²) in [6.45, 7) is 5.77. The normalized spacial score (nSPS) is 11.0. The molecule has 6 nitrogen and oxygen atoms in total. The highest BCUT2D eigenvalue weighted by Crippen LogP contribution is 2.31. The molecule has 0 saturated carbocycles. The van der Waals surface area contributed by atoms with E-state index in [1.807, 2.05) is 12.1 Å². The van der Waals surface area contributed by atoms with Gasteiger partial charge < -0.3 is 9.47 Å². The van der Waals surface area contributed by atoms with Crippen molar-refractivity contribution < 1.29 is 19.1 Å². The molecular formula is C20H21Br2ClN2O4. The maximum atomic E-state index is 11.9. The molecule has 0 aliphatic heterocycles. The lowest BCUT2D eigenvalue weighted by atomic mass is 9.87. The summed E-state index contributed by atoms with van der Waals surface area (Å²) in [5.41, 5.74) is 5.67. The van der Waals surface area contributed by atoms with E-state index in [4.69, 9.17) is 21.1 Å². The van der Waals surface area contributed by atoms with Crippen molar-refractivity contribution in [2.75, 3.05) is 13.2 Å². The zero-order valence-corrected chi connectivity index (χ0v) is 20.1. The highest BCUT2D eigenvalue weighted by molar-refractivity contribution is 9.10. The van der Waals surface area contributed by atoms with Gasteiger partial charge in [-0.2, -0.15) is 0 Å². The predicted octanol–water partition coefficient (Wildman–Crippen LogP) is 4.77. The van der Waals surface area contributed by atoms with Crippen LogP contribution < -0.4 is 20.3 Å². The highest BCUT2D eigenvalue weighted by Gasteiger charge is 2.16. The Labute approximate surface area is 191 Å². The number of carbonyl (C=O) groups excluding carboxylic acids is 2. The van der Waals surface area contributed by atoms with E-state index in [-0.39, 0.29) is 18.6 Å². The number of hydrogen-bond donors (Lipinski definition) is 2. The number of rotatable bonds is 6. The molecule has 2 aromatic rings. The number of hydrogen-bond acceptors (Lipinski definition) is 4. The van der Waals surface area contributed by atoms with Crippen LogP contribution >= 0.6 is 43.5 Å². The van der Waals surface area contributed by atoms with E-state index in [0.717, 1.165) is 14.5 Å². The molecule has 0 heterocycles. The van der Waals surface area contributed by atoms with Crippen LogP contribution in [-0.2, 0) is 15.0 Å². The number of ether oxygens (including phenoxy) is 2.